The first kappa shape index (κ1) is 132. The van der Waals surface area contributed by atoms with Crippen LogP contribution >= 0.6 is 195 Å². The number of fused-ring (bicyclic) bond motifs is 4. The SMILES string of the molecule is CCC(I)(I)I.CCC(I)I.CCOC(=N)c1ccc(NCc2cnc(C)c3c2COC(C)(C)O3)cc1.CC[CH-]I.Cc1ncc(C=Nc2ccc(C#N)cc2)c2c1OC(C)(C)OC2.Cc1ncc(C=O)c2c1OC(C)(C)OC2.Cc1ncc(CNc2ccc(C#N)cc2)c2c1OC(C)(C)OC2.Cc1ncc(CNc2ccc(C(=N)N)cc2)c(CO)c1O.N#Cc1ccc([NH3+])cc1.[CH2-]CC.[I][V]([I])[I].[V].[V]. The molecule has 141 heavy (non-hydrogen) atoms. The number of nitrogens with one attached hydrogen (secondary N) is 5. The van der Waals surface area contributed by atoms with Gasteiger partial charge in [-0.15, -0.1) is 0 Å². The molecule has 4 aliphatic heterocycles. The van der Waals surface area contributed by atoms with Crippen LogP contribution in [0.4, 0.5) is 28.4 Å². The fourth-order valence-electron chi connectivity index (χ4n) is 11.8. The zero-order chi connectivity index (χ0) is 104. The van der Waals surface area contributed by atoms with Gasteiger partial charge >= 0.3 is 64.9 Å². The summed E-state index contributed by atoms with van der Waals surface area (Å²) in [5.41, 5.74) is 29.3. The largest absolute Gasteiger partial charge is 0 e. The number of aromatic hydroxyl groups is 1. The van der Waals surface area contributed by atoms with Crippen LogP contribution in [0.3, 0.4) is 0 Å². The van der Waals surface area contributed by atoms with Gasteiger partial charge in [-0.05, 0) is 180 Å². The number of rotatable bonds is 19. The number of quaternary nitrogens is 1. The number of carbonyl (C=O) groups excluding carboxylic acids is 1. The summed E-state index contributed by atoms with van der Waals surface area (Å²) in [4.78, 5) is 36.5. The number of aromatic nitrogens is 5. The number of aryl methyl sites for hydroxylation is 5. The number of pyridine rings is 5. The number of aliphatic hydroxyl groups is 1. The molecule has 0 bridgehead atoms. The molecule has 28 nitrogen and oxygen atoms in total. The molecule has 0 amide bonds. The van der Waals surface area contributed by atoms with E-state index in [0.29, 0.717) is 96.9 Å². The molecule has 0 spiro atoms. The number of anilines is 3. The van der Waals surface area contributed by atoms with Crippen molar-refractivity contribution in [2.24, 2.45) is 10.7 Å². The number of ether oxygens (including phenoxy) is 9. The van der Waals surface area contributed by atoms with Gasteiger partial charge in [-0.1, -0.05) is 141 Å². The number of benzene rings is 5. The molecule has 0 fully saturated rings. The van der Waals surface area contributed by atoms with Crippen molar-refractivity contribution < 1.29 is 105 Å². The Morgan fingerprint density at radius 1 is 0.567 bits per heavy atom. The zero-order valence-corrected chi connectivity index (χ0v) is 106. The van der Waals surface area contributed by atoms with Crippen molar-refractivity contribution in [3.63, 3.8) is 0 Å². The molecule has 14 rings (SSSR count). The first-order chi connectivity index (χ1) is 65.6. The summed E-state index contributed by atoms with van der Waals surface area (Å²) < 4.78 is 54.8. The molecular formula is C101H123I9N16O12V3-. The number of aliphatic hydroxyl groups excluding tert-OH is 1. The van der Waals surface area contributed by atoms with E-state index in [4.69, 9.17) is 75.0 Å². The quantitative estimate of drug-likeness (QED) is 0.00906. The van der Waals surface area contributed by atoms with Gasteiger partial charge in [-0.2, -0.15) is 28.6 Å². The first-order valence-corrected chi connectivity index (χ1v) is 64.3. The number of nitriles is 3. The second-order valence-electron chi connectivity index (χ2n) is 32.0. The molecule has 4 aliphatic rings. The molecule has 5 aromatic heterocycles. The van der Waals surface area contributed by atoms with Crippen molar-refractivity contribution in [2.45, 2.75) is 227 Å². The van der Waals surface area contributed by atoms with Crippen LogP contribution in [0.25, 0.3) is 0 Å². The normalized spacial score (nSPS) is 13.2. The summed E-state index contributed by atoms with van der Waals surface area (Å²) >= 11 is 21.6. The number of aldehydes is 1. The molecule has 2 radical (unpaired) electrons. The summed E-state index contributed by atoms with van der Waals surface area (Å²) in [6.07, 6.45) is 15.9. The second-order valence-corrected chi connectivity index (χ2v) is 85.4. The molecule has 0 saturated heterocycles. The van der Waals surface area contributed by atoms with Crippen molar-refractivity contribution in [1.82, 2.24) is 24.9 Å². The van der Waals surface area contributed by atoms with E-state index in [-0.39, 0.29) is 66.1 Å². The van der Waals surface area contributed by atoms with E-state index in [1.807, 2.05) is 176 Å². The Kier molecular flexibility index (Phi) is 63.7. The monoisotopic (exact) mass is 3050 g/mol. The minimum atomic E-state index is -0.652. The smallest absolute Gasteiger partial charge is 0 e. The van der Waals surface area contributed by atoms with Gasteiger partial charge in [0.1, 0.15) is 28.2 Å². The Hall–Kier alpha value is -4.92. The van der Waals surface area contributed by atoms with Crippen molar-refractivity contribution >= 4 is 248 Å². The van der Waals surface area contributed by atoms with Crippen LogP contribution in [0.1, 0.15) is 232 Å². The minimum Gasteiger partial charge on any atom is 0 e. The number of hydrogen-bond acceptors (Lipinski definition) is 26. The van der Waals surface area contributed by atoms with Crippen LogP contribution in [-0.2, 0) is 118 Å². The number of amidine groups is 1. The molecular weight excluding hydrogens is 2920 g/mol. The first-order valence-electron chi connectivity index (χ1n) is 43.8. The van der Waals surface area contributed by atoms with Gasteiger partial charge in [0.05, 0.1) is 111 Å². The van der Waals surface area contributed by atoms with Crippen LogP contribution in [-0.4, -0.2) is 90.5 Å². The summed E-state index contributed by atoms with van der Waals surface area (Å²) in [6, 6.07) is 42.6. The van der Waals surface area contributed by atoms with Crippen molar-refractivity contribution in [1.29, 1.82) is 26.6 Å². The van der Waals surface area contributed by atoms with E-state index >= 15 is 0 Å². The van der Waals surface area contributed by atoms with E-state index in [2.05, 4.69) is 291 Å². The fourth-order valence-corrected chi connectivity index (χ4v) is 11.8. The summed E-state index contributed by atoms with van der Waals surface area (Å²) in [6.45, 7) is 42.0. The van der Waals surface area contributed by atoms with Gasteiger partial charge in [0.25, 0.3) is 0 Å². The van der Waals surface area contributed by atoms with Crippen molar-refractivity contribution in [2.75, 3.05) is 22.6 Å². The summed E-state index contributed by atoms with van der Waals surface area (Å²) in [5, 5.41) is 70.3. The van der Waals surface area contributed by atoms with E-state index in [0.717, 1.165) is 133 Å². The number of halogens is 9. The number of aliphatic imine (C=N–C) groups is 1. The zero-order valence-electron chi connectivity index (χ0n) is 82.2. The molecule has 0 atom stereocenters. The third-order valence-corrected chi connectivity index (χ3v) is 24.2. The van der Waals surface area contributed by atoms with Crippen molar-refractivity contribution in [3.8, 4) is 47.0 Å². The van der Waals surface area contributed by atoms with Crippen LogP contribution in [0.15, 0.2) is 157 Å². The molecule has 0 saturated carbocycles. The Morgan fingerprint density at radius 3 is 1.21 bits per heavy atom. The van der Waals surface area contributed by atoms with Crippen LogP contribution < -0.4 is 46.4 Å². The number of nitrogens with two attached hydrogens (primary N) is 1. The van der Waals surface area contributed by atoms with E-state index < -0.39 is 23.1 Å². The predicted octanol–water partition coefficient (Wildman–Crippen LogP) is 26.8. The third kappa shape index (κ3) is 48.9. The maximum absolute atomic E-state index is 10.8. The number of carbonyl (C=O) groups is 1. The predicted molar refractivity (Wildman–Crippen MR) is 627 cm³/mol. The molecule has 12 N–H and O–H groups in total. The molecule has 9 heterocycles. The third-order valence-electron chi connectivity index (χ3n) is 19.3. The molecule has 10 aromatic rings. The molecule has 0 unspecified atom stereocenters. The number of nitrogen functional groups attached to an aromatic ring is 1. The van der Waals surface area contributed by atoms with Gasteiger partial charge in [0.2, 0.25) is 29.0 Å². The van der Waals surface area contributed by atoms with E-state index in [9.17, 15) is 15.0 Å². The topological polar surface area (TPSA) is 426 Å². The number of nitrogens with zero attached hydrogens (tertiary/aromatic N) is 9. The molecule has 5 aromatic carbocycles. The van der Waals surface area contributed by atoms with Crippen LogP contribution in [0.2, 0.25) is 0 Å². The Morgan fingerprint density at radius 2 is 0.872 bits per heavy atom. The standard InChI is InChI=1S/C20H25N3O3.C18H19N3O2.C18H17N3O2.C15H18N4O2.C11H13NO3.C7H6N2.C3H5I3.C3H6I2.C3H6I.C3H7.3HI.3V/c1-5-24-19(21)14-6-8-16(9-7-14)23-11-15-10-22-13(2)18-17(15)12-25-20(3,4)26-18;2*1-12-17-16(11-22-18(2,3)23-17)14(9-20-12)10-21-15-6-4-13(8-19)5-7-15;1-9-14(21)13(8-20)11(6-18-9)7-19-12-4-2-10(3-5-12)15(16)17;1-7-10-9(8(5-13)4-12-7)6-14-11(2,3)15-10;8-5-6-1-3-7(9)4-2-6;1-2-3(4,5)6;1-2-3(4)5;1-2-3-4;1-3-2;;;;;;/h6-10,21,23H,5,11-12H2,1-4H3;4-7,9,21H,10-11H2,1-3H3;4-7,9-10H,11H2,1-3H3;2-6,19-21H,7-8H2,1H3,(H3,16,17);4-5H,6H2,1-3H3;1-4H,9H2;2H2,1H3;3H,2H2,1H3;3H,2H2,1H3;1,3H2,2H3;3*1H;;;/q;;;;;;;;2*-1;;;;;;+3/p-2. The van der Waals surface area contributed by atoms with Gasteiger partial charge in [-0.3, -0.25) is 50.0 Å². The minimum absolute atomic E-state index is 0. The van der Waals surface area contributed by atoms with E-state index in [1.54, 1.807) is 92.4 Å². The number of hydrogen-bond donors (Lipinski definition) is 9. The molecule has 758 valence electrons. The van der Waals surface area contributed by atoms with Gasteiger partial charge in [-0.25, -0.2) is 0 Å². The van der Waals surface area contributed by atoms with Gasteiger partial charge in [0, 0.05) is 229 Å². The Bertz CT molecular complexity index is 5720. The van der Waals surface area contributed by atoms with E-state index in [1.165, 1.54) is 19.3 Å². The van der Waals surface area contributed by atoms with Crippen LogP contribution in [0.5, 0.6) is 28.7 Å². The Balaban J connectivity index is 0.000000554. The fraction of sp³-hybridized carbons (Fsp3) is 0.366. The van der Waals surface area contributed by atoms with Crippen molar-refractivity contribution in [3.05, 3.63) is 276 Å². The second kappa shape index (κ2) is 67.9. The molecule has 0 aliphatic carbocycles. The maximum Gasteiger partial charge on any atom is 0 e. The summed E-state index contributed by atoms with van der Waals surface area (Å²) in [5.74, 6) is 0.768. The maximum atomic E-state index is 10.8. The summed E-state index contributed by atoms with van der Waals surface area (Å²) in [7, 11) is 0. The molecule has 40 heteroatoms. The average molecular weight is 3050 g/mol. The number of alkyl halides is 5. The van der Waals surface area contributed by atoms with Gasteiger partial charge < -0.3 is 110 Å². The Labute approximate surface area is 975 Å². The van der Waals surface area contributed by atoms with Crippen LogP contribution in [0, 0.1) is 90.8 Å². The van der Waals surface area contributed by atoms with Gasteiger partial charge in [0.15, 0.2) is 17.8 Å². The average Bonchev–Trinajstić information content (AvgIpc) is 0.798.